The van der Waals surface area contributed by atoms with Crippen LogP contribution in [0, 0.1) is 0 Å². The zero-order valence-electron chi connectivity index (χ0n) is 9.03. The molecule has 0 saturated carbocycles. The topological polar surface area (TPSA) is 50.2 Å². The van der Waals surface area contributed by atoms with Gasteiger partial charge in [0.05, 0.1) is 11.2 Å². The van der Waals surface area contributed by atoms with Gasteiger partial charge in [-0.2, -0.15) is 0 Å². The lowest BCUT2D eigenvalue weighted by Crippen LogP contribution is -2.45. The number of hydrogen-bond acceptors (Lipinski definition) is 4. The predicted molar refractivity (Wildman–Crippen MR) is 62.8 cm³/mol. The van der Waals surface area contributed by atoms with Crippen molar-refractivity contribution in [3.05, 3.63) is 27.9 Å². The average Bonchev–Trinajstić information content (AvgIpc) is 2.32. The summed E-state index contributed by atoms with van der Waals surface area (Å²) in [5.41, 5.74) is -0.237. The van der Waals surface area contributed by atoms with E-state index >= 15 is 0 Å². The van der Waals surface area contributed by atoms with Crippen molar-refractivity contribution in [1.29, 1.82) is 0 Å². The second-order valence-electron chi connectivity index (χ2n) is 3.84. The lowest BCUT2D eigenvalue weighted by Gasteiger charge is -2.27. The van der Waals surface area contributed by atoms with Crippen LogP contribution in [0.3, 0.4) is 0 Å². The summed E-state index contributed by atoms with van der Waals surface area (Å²) < 4.78 is 1.56. The van der Waals surface area contributed by atoms with Crippen LogP contribution < -0.4 is 11.0 Å². The Labute approximate surface area is 99.0 Å². The minimum atomic E-state index is -0.237. The zero-order valence-corrected chi connectivity index (χ0v) is 9.78. The van der Waals surface area contributed by atoms with Gasteiger partial charge in [0.15, 0.2) is 0 Å². The Morgan fingerprint density at radius 2 is 2.12 bits per heavy atom. The monoisotopic (exact) mass is 242 g/mol. The Morgan fingerprint density at radius 1 is 1.38 bits per heavy atom. The fourth-order valence-electron chi connectivity index (χ4n) is 1.77. The van der Waals surface area contributed by atoms with Crippen LogP contribution in [0.5, 0.6) is 0 Å². The van der Waals surface area contributed by atoms with Crippen molar-refractivity contribution in [3.63, 3.8) is 0 Å². The maximum absolute atomic E-state index is 11.4. The van der Waals surface area contributed by atoms with Crippen molar-refractivity contribution in [3.8, 4) is 0 Å². The predicted octanol–water partition coefficient (Wildman–Crippen LogP) is -0.198. The van der Waals surface area contributed by atoms with E-state index in [4.69, 9.17) is 11.6 Å². The van der Waals surface area contributed by atoms with Gasteiger partial charge in [0.1, 0.15) is 0 Å². The summed E-state index contributed by atoms with van der Waals surface area (Å²) in [6, 6.07) is 0. The van der Waals surface area contributed by atoms with Gasteiger partial charge in [0.25, 0.3) is 0 Å². The van der Waals surface area contributed by atoms with Crippen LogP contribution in [-0.4, -0.2) is 47.2 Å². The van der Waals surface area contributed by atoms with E-state index in [0.717, 1.165) is 32.7 Å². The smallest absolute Gasteiger partial charge is 0.314 e. The number of nitrogens with zero attached hydrogens (tertiary/aromatic N) is 3. The van der Waals surface area contributed by atoms with E-state index < -0.39 is 0 Å². The van der Waals surface area contributed by atoms with Crippen LogP contribution in [0.25, 0.3) is 0 Å². The maximum Gasteiger partial charge on any atom is 0.347 e. The molecule has 0 bridgehead atoms. The molecule has 1 aromatic rings. The second-order valence-corrected chi connectivity index (χ2v) is 4.28. The number of halogens is 1. The first-order chi connectivity index (χ1) is 7.75. The van der Waals surface area contributed by atoms with E-state index in [9.17, 15) is 4.79 Å². The largest absolute Gasteiger partial charge is 0.347 e. The number of rotatable bonds is 3. The van der Waals surface area contributed by atoms with Crippen LogP contribution in [-0.2, 0) is 6.54 Å². The first-order valence-electron chi connectivity index (χ1n) is 5.41. The highest BCUT2D eigenvalue weighted by atomic mass is 35.5. The Kier molecular flexibility index (Phi) is 3.93. The van der Waals surface area contributed by atoms with E-state index in [-0.39, 0.29) is 5.69 Å². The van der Waals surface area contributed by atoms with E-state index in [0.29, 0.717) is 11.6 Å². The summed E-state index contributed by atoms with van der Waals surface area (Å²) in [6.07, 6.45) is 3.02. The van der Waals surface area contributed by atoms with Crippen LogP contribution >= 0.6 is 11.6 Å². The molecule has 88 valence electrons. The molecule has 2 heterocycles. The Hall–Kier alpha value is -0.910. The summed E-state index contributed by atoms with van der Waals surface area (Å²) in [6.45, 7) is 5.60. The minimum Gasteiger partial charge on any atom is -0.314 e. The number of piperazine rings is 1. The summed E-state index contributed by atoms with van der Waals surface area (Å²) in [5, 5.41) is 3.79. The molecule has 5 nitrogen and oxygen atoms in total. The van der Waals surface area contributed by atoms with Gasteiger partial charge in [0, 0.05) is 45.5 Å². The van der Waals surface area contributed by atoms with Gasteiger partial charge in [-0.15, -0.1) is 0 Å². The van der Waals surface area contributed by atoms with Gasteiger partial charge in [0.2, 0.25) is 0 Å². The minimum absolute atomic E-state index is 0.237. The van der Waals surface area contributed by atoms with E-state index in [2.05, 4.69) is 15.2 Å². The molecular formula is C10H15ClN4O. The first-order valence-corrected chi connectivity index (χ1v) is 5.78. The average molecular weight is 243 g/mol. The van der Waals surface area contributed by atoms with Gasteiger partial charge in [-0.05, 0) is 0 Å². The normalized spacial score (nSPS) is 17.6. The van der Waals surface area contributed by atoms with Gasteiger partial charge >= 0.3 is 5.69 Å². The van der Waals surface area contributed by atoms with Crippen LogP contribution in [0.1, 0.15) is 0 Å². The summed E-state index contributed by atoms with van der Waals surface area (Å²) in [5.74, 6) is 0. The van der Waals surface area contributed by atoms with Crippen LogP contribution in [0.2, 0.25) is 5.02 Å². The molecule has 0 aliphatic carbocycles. The van der Waals surface area contributed by atoms with Crippen LogP contribution in [0.4, 0.5) is 0 Å². The zero-order chi connectivity index (χ0) is 11.4. The molecule has 0 radical (unpaired) electrons. The highest BCUT2D eigenvalue weighted by Gasteiger charge is 2.09. The molecule has 1 aliphatic heterocycles. The maximum atomic E-state index is 11.4. The van der Waals surface area contributed by atoms with Gasteiger partial charge in [-0.3, -0.25) is 9.47 Å². The highest BCUT2D eigenvalue weighted by Crippen LogP contribution is 2.01. The van der Waals surface area contributed by atoms with Crippen LogP contribution in [0.15, 0.2) is 17.2 Å². The first kappa shape index (κ1) is 11.6. The Balaban J connectivity index is 1.93. The number of nitrogens with one attached hydrogen (secondary N) is 1. The third-order valence-electron chi connectivity index (χ3n) is 2.69. The molecule has 0 aromatic carbocycles. The van der Waals surface area contributed by atoms with Crippen molar-refractivity contribution in [1.82, 2.24) is 19.8 Å². The van der Waals surface area contributed by atoms with Gasteiger partial charge in [-0.25, -0.2) is 9.78 Å². The van der Waals surface area contributed by atoms with Crippen molar-refractivity contribution in [2.75, 3.05) is 32.7 Å². The highest BCUT2D eigenvalue weighted by molar-refractivity contribution is 6.30. The number of hydrogen-bond donors (Lipinski definition) is 1. The Bertz CT molecular complexity index is 400. The summed E-state index contributed by atoms with van der Waals surface area (Å²) in [4.78, 5) is 17.4. The lowest BCUT2D eigenvalue weighted by atomic mass is 10.3. The Morgan fingerprint density at radius 3 is 2.88 bits per heavy atom. The van der Waals surface area contributed by atoms with Gasteiger partial charge < -0.3 is 5.32 Å². The standard InChI is InChI=1S/C10H15ClN4O/c11-9-7-13-10(16)15(8-9)6-5-14-3-1-12-2-4-14/h7-8,12H,1-6H2. The van der Waals surface area contributed by atoms with Gasteiger partial charge in [-0.1, -0.05) is 11.6 Å². The SMILES string of the molecule is O=c1ncc(Cl)cn1CCN1CCNCC1. The van der Waals surface area contributed by atoms with Crippen molar-refractivity contribution in [2.24, 2.45) is 0 Å². The summed E-state index contributed by atoms with van der Waals surface area (Å²) >= 11 is 5.79. The van der Waals surface area contributed by atoms with Crippen molar-refractivity contribution < 1.29 is 0 Å². The third-order valence-corrected chi connectivity index (χ3v) is 2.89. The number of aromatic nitrogens is 2. The molecule has 1 aliphatic rings. The molecule has 0 spiro atoms. The molecule has 2 rings (SSSR count). The molecule has 1 fully saturated rings. The van der Waals surface area contributed by atoms with E-state index in [1.54, 1.807) is 10.8 Å². The molecule has 1 aromatic heterocycles. The molecule has 1 N–H and O–H groups in total. The molecule has 0 atom stereocenters. The fourth-order valence-corrected chi connectivity index (χ4v) is 1.94. The second kappa shape index (κ2) is 5.43. The molecule has 0 amide bonds. The van der Waals surface area contributed by atoms with Crippen molar-refractivity contribution in [2.45, 2.75) is 6.54 Å². The van der Waals surface area contributed by atoms with E-state index in [1.165, 1.54) is 6.20 Å². The molecule has 6 heteroatoms. The molecule has 1 saturated heterocycles. The summed E-state index contributed by atoms with van der Waals surface area (Å²) in [7, 11) is 0. The molecule has 0 unspecified atom stereocenters. The third kappa shape index (κ3) is 3.04. The quantitative estimate of drug-likeness (QED) is 0.798. The van der Waals surface area contributed by atoms with Crippen molar-refractivity contribution >= 4 is 11.6 Å². The molecular weight excluding hydrogens is 228 g/mol. The fraction of sp³-hybridized carbons (Fsp3) is 0.600. The molecule has 16 heavy (non-hydrogen) atoms. The van der Waals surface area contributed by atoms with E-state index in [1.807, 2.05) is 0 Å². The lowest BCUT2D eigenvalue weighted by molar-refractivity contribution is 0.231.